The van der Waals surface area contributed by atoms with Gasteiger partial charge in [-0.25, -0.2) is 4.79 Å². The van der Waals surface area contributed by atoms with Gasteiger partial charge in [0, 0.05) is 18.4 Å². The van der Waals surface area contributed by atoms with E-state index in [9.17, 15) is 14.4 Å². The Kier molecular flexibility index (Phi) is 5.69. The summed E-state index contributed by atoms with van der Waals surface area (Å²) in [5.74, 6) is -0.569. The second-order valence-electron chi connectivity index (χ2n) is 9.83. The number of hydrogen-bond donors (Lipinski definition) is 2. The summed E-state index contributed by atoms with van der Waals surface area (Å²) < 4.78 is 0. The third kappa shape index (κ3) is 4.03. The molecule has 2 fully saturated rings. The average molecular weight is 446 g/mol. The van der Waals surface area contributed by atoms with Crippen LogP contribution in [-0.4, -0.2) is 41.4 Å². The van der Waals surface area contributed by atoms with Gasteiger partial charge < -0.3 is 10.6 Å². The lowest BCUT2D eigenvalue weighted by Crippen LogP contribution is -2.52. The molecule has 2 aromatic carbocycles. The van der Waals surface area contributed by atoms with E-state index in [0.717, 1.165) is 42.6 Å². The molecule has 0 radical (unpaired) electrons. The molecule has 5 rings (SSSR count). The number of urea groups is 1. The lowest BCUT2D eigenvalue weighted by atomic mass is 9.69. The molecular formula is C27H31N3O3. The molecule has 172 valence electrons. The summed E-state index contributed by atoms with van der Waals surface area (Å²) in [6.07, 6.45) is 7.33. The molecular weight excluding hydrogens is 414 g/mol. The standard InChI is InChI=1S/C27H31N3O3/c31-23(28-19-26(14-7-2-8-15-26)22-11-3-1-4-12-22)18-30-24(32)27(29-25(30)33)16-13-20-9-5-6-10-21(20)17-27/h1,3-6,9-12H,2,7-8,13-19H2,(H,28,31)(H,29,33). The third-order valence-corrected chi connectivity index (χ3v) is 7.80. The molecule has 6 heteroatoms. The first-order chi connectivity index (χ1) is 16.0. The fourth-order valence-electron chi connectivity index (χ4n) is 5.90. The maximum Gasteiger partial charge on any atom is 0.325 e. The highest BCUT2D eigenvalue weighted by atomic mass is 16.2. The molecule has 33 heavy (non-hydrogen) atoms. The molecule has 2 aliphatic carbocycles. The first-order valence-corrected chi connectivity index (χ1v) is 12.0. The number of nitrogens with zero attached hydrogens (tertiary/aromatic N) is 1. The lowest BCUT2D eigenvalue weighted by molar-refractivity contribution is -0.135. The number of aryl methyl sites for hydroxylation is 1. The van der Waals surface area contributed by atoms with Crippen molar-refractivity contribution in [2.24, 2.45) is 0 Å². The number of hydrogen-bond acceptors (Lipinski definition) is 3. The largest absolute Gasteiger partial charge is 0.354 e. The average Bonchev–Trinajstić information content (AvgIpc) is 3.07. The van der Waals surface area contributed by atoms with Crippen LogP contribution in [0.3, 0.4) is 0 Å². The van der Waals surface area contributed by atoms with Gasteiger partial charge in [-0.15, -0.1) is 0 Å². The van der Waals surface area contributed by atoms with Crippen molar-refractivity contribution in [2.45, 2.75) is 62.3 Å². The predicted octanol–water partition coefficient (Wildman–Crippen LogP) is 3.48. The highest BCUT2D eigenvalue weighted by Gasteiger charge is 2.52. The number of nitrogens with one attached hydrogen (secondary N) is 2. The summed E-state index contributed by atoms with van der Waals surface area (Å²) in [7, 11) is 0. The summed E-state index contributed by atoms with van der Waals surface area (Å²) in [6, 6.07) is 17.9. The third-order valence-electron chi connectivity index (χ3n) is 7.80. The number of rotatable bonds is 5. The molecule has 0 aromatic heterocycles. The minimum Gasteiger partial charge on any atom is -0.354 e. The van der Waals surface area contributed by atoms with Gasteiger partial charge in [-0.3, -0.25) is 14.5 Å². The van der Waals surface area contributed by atoms with Gasteiger partial charge in [-0.05, 0) is 42.4 Å². The lowest BCUT2D eigenvalue weighted by Gasteiger charge is -2.38. The first-order valence-electron chi connectivity index (χ1n) is 12.0. The van der Waals surface area contributed by atoms with Crippen LogP contribution in [-0.2, 0) is 27.8 Å². The molecule has 1 saturated heterocycles. The van der Waals surface area contributed by atoms with E-state index in [4.69, 9.17) is 0 Å². The fraction of sp³-hybridized carbons (Fsp3) is 0.444. The second-order valence-corrected chi connectivity index (χ2v) is 9.83. The van der Waals surface area contributed by atoms with Gasteiger partial charge >= 0.3 is 6.03 Å². The van der Waals surface area contributed by atoms with E-state index < -0.39 is 11.6 Å². The molecule has 1 spiro atoms. The van der Waals surface area contributed by atoms with Crippen LogP contribution in [0.2, 0.25) is 0 Å². The van der Waals surface area contributed by atoms with E-state index in [1.54, 1.807) is 0 Å². The van der Waals surface area contributed by atoms with Crippen molar-refractivity contribution >= 4 is 17.8 Å². The van der Waals surface area contributed by atoms with Crippen LogP contribution < -0.4 is 10.6 Å². The summed E-state index contributed by atoms with van der Waals surface area (Å²) in [4.78, 5) is 40.0. The number of carbonyl (C=O) groups excluding carboxylic acids is 3. The van der Waals surface area contributed by atoms with Gasteiger partial charge in [0.15, 0.2) is 0 Å². The molecule has 1 saturated carbocycles. The Morgan fingerprint density at radius 1 is 0.909 bits per heavy atom. The molecule has 2 N–H and O–H groups in total. The van der Waals surface area contributed by atoms with E-state index in [-0.39, 0.29) is 23.8 Å². The van der Waals surface area contributed by atoms with Crippen LogP contribution >= 0.6 is 0 Å². The number of fused-ring (bicyclic) bond motifs is 1. The van der Waals surface area contributed by atoms with Crippen molar-refractivity contribution < 1.29 is 14.4 Å². The Balaban J connectivity index is 1.25. The Bertz CT molecular complexity index is 1060. The number of imide groups is 1. The van der Waals surface area contributed by atoms with Crippen LogP contribution in [0.15, 0.2) is 54.6 Å². The van der Waals surface area contributed by atoms with Crippen LogP contribution in [0.5, 0.6) is 0 Å². The Hall–Kier alpha value is -3.15. The Labute approximate surface area is 194 Å². The monoisotopic (exact) mass is 445 g/mol. The van der Waals surface area contributed by atoms with Crippen LogP contribution in [0, 0.1) is 0 Å². The summed E-state index contributed by atoms with van der Waals surface area (Å²) in [6.45, 7) is 0.289. The van der Waals surface area contributed by atoms with Gasteiger partial charge in [0.1, 0.15) is 12.1 Å². The molecule has 3 aliphatic rings. The van der Waals surface area contributed by atoms with Gasteiger partial charge in [-0.1, -0.05) is 73.9 Å². The number of amides is 4. The van der Waals surface area contributed by atoms with Crippen molar-refractivity contribution in [1.82, 2.24) is 15.5 Å². The minimum atomic E-state index is -0.930. The van der Waals surface area contributed by atoms with Crippen molar-refractivity contribution in [3.05, 3.63) is 71.3 Å². The zero-order valence-electron chi connectivity index (χ0n) is 18.9. The van der Waals surface area contributed by atoms with Crippen molar-refractivity contribution in [1.29, 1.82) is 0 Å². The van der Waals surface area contributed by atoms with Gasteiger partial charge in [-0.2, -0.15) is 0 Å². The van der Waals surface area contributed by atoms with Gasteiger partial charge in [0.25, 0.3) is 5.91 Å². The molecule has 6 nitrogen and oxygen atoms in total. The maximum atomic E-state index is 13.3. The molecule has 1 atom stereocenters. The zero-order chi connectivity index (χ0) is 22.9. The highest BCUT2D eigenvalue weighted by molar-refractivity contribution is 6.09. The molecule has 1 unspecified atom stereocenters. The maximum absolute atomic E-state index is 13.3. The first kappa shape index (κ1) is 21.7. The van der Waals surface area contributed by atoms with Gasteiger partial charge in [0.05, 0.1) is 0 Å². The summed E-state index contributed by atoms with van der Waals surface area (Å²) in [5.41, 5.74) is 2.55. The summed E-state index contributed by atoms with van der Waals surface area (Å²) in [5, 5.41) is 5.97. The van der Waals surface area contributed by atoms with Crippen molar-refractivity contribution in [3.63, 3.8) is 0 Å². The number of benzene rings is 2. The smallest absolute Gasteiger partial charge is 0.325 e. The highest BCUT2D eigenvalue weighted by Crippen LogP contribution is 2.39. The van der Waals surface area contributed by atoms with E-state index >= 15 is 0 Å². The van der Waals surface area contributed by atoms with Crippen molar-refractivity contribution in [3.8, 4) is 0 Å². The minimum absolute atomic E-state index is 0.0826. The number of carbonyl (C=O) groups is 3. The molecule has 2 aromatic rings. The van der Waals surface area contributed by atoms with Crippen molar-refractivity contribution in [2.75, 3.05) is 13.1 Å². The van der Waals surface area contributed by atoms with E-state index in [1.165, 1.54) is 17.5 Å². The Morgan fingerprint density at radius 2 is 1.61 bits per heavy atom. The van der Waals surface area contributed by atoms with Crippen LogP contribution in [0.1, 0.15) is 55.2 Å². The van der Waals surface area contributed by atoms with Gasteiger partial charge in [0.2, 0.25) is 5.91 Å². The van der Waals surface area contributed by atoms with E-state index in [0.29, 0.717) is 19.4 Å². The van der Waals surface area contributed by atoms with Crippen LogP contribution in [0.4, 0.5) is 4.79 Å². The topological polar surface area (TPSA) is 78.5 Å². The molecule has 1 heterocycles. The Morgan fingerprint density at radius 3 is 2.36 bits per heavy atom. The molecule has 1 aliphatic heterocycles. The second kappa shape index (κ2) is 8.65. The SMILES string of the molecule is O=C(CN1C(=O)NC2(CCc3ccccc3C2)C1=O)NCC1(c2ccccc2)CCCCC1. The van der Waals surface area contributed by atoms with E-state index in [2.05, 4.69) is 28.8 Å². The molecule has 0 bridgehead atoms. The predicted molar refractivity (Wildman–Crippen MR) is 126 cm³/mol. The molecule has 4 amide bonds. The quantitative estimate of drug-likeness (QED) is 0.692. The fourth-order valence-corrected chi connectivity index (χ4v) is 5.90. The van der Waals surface area contributed by atoms with Crippen LogP contribution in [0.25, 0.3) is 0 Å². The van der Waals surface area contributed by atoms with E-state index in [1.807, 2.05) is 36.4 Å². The normalized spacial score (nSPS) is 23.8. The summed E-state index contributed by atoms with van der Waals surface area (Å²) >= 11 is 0. The zero-order valence-corrected chi connectivity index (χ0v) is 18.9.